The number of nitrogens with one attached hydrogen (secondary N) is 1. The predicted octanol–water partition coefficient (Wildman–Crippen LogP) is 3.33. The van der Waals surface area contributed by atoms with Crippen molar-refractivity contribution in [3.8, 4) is 0 Å². The summed E-state index contributed by atoms with van der Waals surface area (Å²) in [4.78, 5) is 14.4. The molecule has 0 unspecified atom stereocenters. The van der Waals surface area contributed by atoms with E-state index in [0.717, 1.165) is 30.7 Å². The minimum Gasteiger partial charge on any atom is -0.319 e. The first-order valence-electron chi connectivity index (χ1n) is 7.76. The monoisotopic (exact) mass is 286 g/mol. The summed E-state index contributed by atoms with van der Waals surface area (Å²) in [6.45, 7) is 9.98. The molecule has 0 aliphatic carbocycles. The summed E-state index contributed by atoms with van der Waals surface area (Å²) in [5.41, 5.74) is 3.29. The molecule has 1 heterocycles. The van der Waals surface area contributed by atoms with Gasteiger partial charge in [0.1, 0.15) is 6.17 Å². The van der Waals surface area contributed by atoms with Crippen molar-refractivity contribution in [3.63, 3.8) is 0 Å². The summed E-state index contributed by atoms with van der Waals surface area (Å²) in [7, 11) is 0. The van der Waals surface area contributed by atoms with Crippen molar-refractivity contribution in [2.45, 2.75) is 46.8 Å². The Bertz CT molecular complexity index is 519. The van der Waals surface area contributed by atoms with Crippen molar-refractivity contribution in [3.05, 3.63) is 47.0 Å². The summed E-state index contributed by atoms with van der Waals surface area (Å²) in [6, 6.07) is 10.3. The first kappa shape index (κ1) is 15.8. The number of nitrogens with zero attached hydrogens (tertiary/aromatic N) is 1. The number of hydrogen-bond acceptors (Lipinski definition) is 2. The molecule has 1 atom stereocenters. The van der Waals surface area contributed by atoms with Crippen LogP contribution in [0.25, 0.3) is 0 Å². The molecular formula is C18H26N2O. The molecule has 114 valence electrons. The Morgan fingerprint density at radius 3 is 2.48 bits per heavy atom. The Hall–Kier alpha value is -1.61. The second-order valence-corrected chi connectivity index (χ2v) is 6.26. The zero-order chi connectivity index (χ0) is 15.4. The molecule has 1 aliphatic rings. The van der Waals surface area contributed by atoms with E-state index in [1.165, 1.54) is 5.56 Å². The second kappa shape index (κ2) is 6.90. The molecule has 0 aromatic heterocycles. The van der Waals surface area contributed by atoms with Crippen LogP contribution in [0.1, 0.15) is 39.7 Å². The van der Waals surface area contributed by atoms with Gasteiger partial charge in [-0.25, -0.2) is 0 Å². The van der Waals surface area contributed by atoms with Crippen molar-refractivity contribution in [1.82, 2.24) is 10.2 Å². The SMILES string of the molecule is CC1=C(C)[C@@H](NCc2ccccc2)N(CCC(C)C)C1=O. The molecular weight excluding hydrogens is 260 g/mol. The fourth-order valence-corrected chi connectivity index (χ4v) is 2.64. The van der Waals surface area contributed by atoms with Crippen LogP contribution >= 0.6 is 0 Å². The van der Waals surface area contributed by atoms with E-state index >= 15 is 0 Å². The Kier molecular flexibility index (Phi) is 5.18. The number of rotatable bonds is 6. The Labute approximate surface area is 128 Å². The lowest BCUT2D eigenvalue weighted by atomic mass is 10.1. The van der Waals surface area contributed by atoms with Crippen LogP contribution in [0.15, 0.2) is 41.5 Å². The second-order valence-electron chi connectivity index (χ2n) is 6.26. The summed E-state index contributed by atoms with van der Waals surface area (Å²) in [5, 5.41) is 3.53. The van der Waals surface area contributed by atoms with Gasteiger partial charge in [-0.15, -0.1) is 0 Å². The molecule has 3 nitrogen and oxygen atoms in total. The minimum atomic E-state index is 0.0384. The van der Waals surface area contributed by atoms with E-state index in [9.17, 15) is 4.79 Å². The Balaban J connectivity index is 2.04. The average molecular weight is 286 g/mol. The van der Waals surface area contributed by atoms with Crippen LogP contribution in [-0.4, -0.2) is 23.5 Å². The molecule has 1 aromatic rings. The number of carbonyl (C=O) groups excluding carboxylic acids is 1. The molecule has 0 spiro atoms. The first-order chi connectivity index (χ1) is 10.0. The highest BCUT2D eigenvalue weighted by molar-refractivity contribution is 5.96. The van der Waals surface area contributed by atoms with Crippen LogP contribution in [0.5, 0.6) is 0 Å². The Morgan fingerprint density at radius 1 is 1.19 bits per heavy atom. The van der Waals surface area contributed by atoms with E-state index in [1.54, 1.807) is 0 Å². The number of hydrogen-bond donors (Lipinski definition) is 1. The normalized spacial score (nSPS) is 19.0. The lowest BCUT2D eigenvalue weighted by Crippen LogP contribution is -2.45. The molecule has 0 saturated heterocycles. The van der Waals surface area contributed by atoms with Crippen LogP contribution in [0.4, 0.5) is 0 Å². The standard InChI is InChI=1S/C18H26N2O/c1-13(2)10-11-20-17(14(3)15(4)18(20)21)19-12-16-8-6-5-7-9-16/h5-9,13,17,19H,10-12H2,1-4H3/t17-/m0/s1. The molecule has 1 N–H and O–H groups in total. The topological polar surface area (TPSA) is 32.3 Å². The van der Waals surface area contributed by atoms with Crippen LogP contribution < -0.4 is 5.32 Å². The zero-order valence-electron chi connectivity index (χ0n) is 13.5. The predicted molar refractivity (Wildman–Crippen MR) is 86.6 cm³/mol. The summed E-state index contributed by atoms with van der Waals surface area (Å²) in [6.07, 6.45) is 1.08. The van der Waals surface area contributed by atoms with Gasteiger partial charge >= 0.3 is 0 Å². The van der Waals surface area contributed by atoms with Crippen LogP contribution in [-0.2, 0) is 11.3 Å². The van der Waals surface area contributed by atoms with Crippen molar-refractivity contribution < 1.29 is 4.79 Å². The third-order valence-corrected chi connectivity index (χ3v) is 4.18. The van der Waals surface area contributed by atoms with E-state index < -0.39 is 0 Å². The van der Waals surface area contributed by atoms with Gasteiger partial charge in [0, 0.05) is 18.7 Å². The highest BCUT2D eigenvalue weighted by Gasteiger charge is 2.33. The molecule has 1 aliphatic heterocycles. The number of amides is 1. The van der Waals surface area contributed by atoms with Gasteiger partial charge in [-0.05, 0) is 37.3 Å². The highest BCUT2D eigenvalue weighted by atomic mass is 16.2. The maximum Gasteiger partial charge on any atom is 0.251 e. The van der Waals surface area contributed by atoms with Gasteiger partial charge in [-0.3, -0.25) is 10.1 Å². The first-order valence-corrected chi connectivity index (χ1v) is 7.76. The van der Waals surface area contributed by atoms with Crippen LogP contribution in [0, 0.1) is 5.92 Å². The molecule has 1 aromatic carbocycles. The van der Waals surface area contributed by atoms with E-state index in [0.29, 0.717) is 5.92 Å². The van der Waals surface area contributed by atoms with Gasteiger partial charge < -0.3 is 4.90 Å². The molecule has 0 bridgehead atoms. The largest absolute Gasteiger partial charge is 0.319 e. The third-order valence-electron chi connectivity index (χ3n) is 4.18. The van der Waals surface area contributed by atoms with Crippen molar-refractivity contribution >= 4 is 5.91 Å². The molecule has 2 rings (SSSR count). The fourth-order valence-electron chi connectivity index (χ4n) is 2.64. The Morgan fingerprint density at radius 2 is 1.86 bits per heavy atom. The molecule has 0 saturated carbocycles. The minimum absolute atomic E-state index is 0.0384. The molecule has 1 amide bonds. The van der Waals surface area contributed by atoms with Gasteiger partial charge in [0.05, 0.1) is 0 Å². The average Bonchev–Trinajstić information content (AvgIpc) is 2.68. The quantitative estimate of drug-likeness (QED) is 0.870. The molecule has 0 fully saturated rings. The van der Waals surface area contributed by atoms with Gasteiger partial charge in [-0.1, -0.05) is 44.2 Å². The summed E-state index contributed by atoms with van der Waals surface area (Å²) in [5.74, 6) is 0.785. The van der Waals surface area contributed by atoms with E-state index in [1.807, 2.05) is 30.0 Å². The van der Waals surface area contributed by atoms with E-state index in [4.69, 9.17) is 0 Å². The smallest absolute Gasteiger partial charge is 0.251 e. The van der Waals surface area contributed by atoms with Crippen molar-refractivity contribution in [2.75, 3.05) is 6.54 Å². The van der Waals surface area contributed by atoms with Crippen molar-refractivity contribution in [2.24, 2.45) is 5.92 Å². The molecule has 0 radical (unpaired) electrons. The number of carbonyl (C=O) groups is 1. The highest BCUT2D eigenvalue weighted by Crippen LogP contribution is 2.25. The lowest BCUT2D eigenvalue weighted by Gasteiger charge is -2.28. The lowest BCUT2D eigenvalue weighted by molar-refractivity contribution is -0.127. The van der Waals surface area contributed by atoms with Gasteiger partial charge in [0.15, 0.2) is 0 Å². The zero-order valence-corrected chi connectivity index (χ0v) is 13.5. The van der Waals surface area contributed by atoms with Gasteiger partial charge in [0.2, 0.25) is 0 Å². The number of benzene rings is 1. The van der Waals surface area contributed by atoms with Gasteiger partial charge in [-0.2, -0.15) is 0 Å². The fraction of sp³-hybridized carbons (Fsp3) is 0.500. The third kappa shape index (κ3) is 3.73. The van der Waals surface area contributed by atoms with E-state index in [2.05, 4.69) is 38.2 Å². The molecule has 21 heavy (non-hydrogen) atoms. The van der Waals surface area contributed by atoms with Crippen LogP contribution in [0.2, 0.25) is 0 Å². The maximum absolute atomic E-state index is 12.4. The summed E-state index contributed by atoms with van der Waals surface area (Å²) >= 11 is 0. The van der Waals surface area contributed by atoms with Crippen LogP contribution in [0.3, 0.4) is 0 Å². The summed E-state index contributed by atoms with van der Waals surface area (Å²) < 4.78 is 0. The van der Waals surface area contributed by atoms with Gasteiger partial charge in [0.25, 0.3) is 5.91 Å². The van der Waals surface area contributed by atoms with E-state index in [-0.39, 0.29) is 12.1 Å². The van der Waals surface area contributed by atoms with Crippen molar-refractivity contribution in [1.29, 1.82) is 0 Å². The maximum atomic E-state index is 12.4. The molecule has 3 heteroatoms.